The lowest BCUT2D eigenvalue weighted by molar-refractivity contribution is 0.629. The zero-order valence-electron chi connectivity index (χ0n) is 8.64. The molecule has 4 heteroatoms. The van der Waals surface area contributed by atoms with Crippen LogP contribution in [0.5, 0.6) is 0 Å². The van der Waals surface area contributed by atoms with Crippen LogP contribution >= 0.6 is 11.6 Å². The highest BCUT2D eigenvalue weighted by Gasteiger charge is 2.13. The van der Waals surface area contributed by atoms with Gasteiger partial charge in [0, 0.05) is 11.3 Å². The van der Waals surface area contributed by atoms with Gasteiger partial charge in [-0.25, -0.2) is 4.39 Å². The Bertz CT molecular complexity index is 493. The van der Waals surface area contributed by atoms with Gasteiger partial charge in [0.25, 0.3) is 0 Å². The number of hydrogen-bond donors (Lipinski definition) is 1. The molecule has 2 nitrogen and oxygen atoms in total. The third kappa shape index (κ3) is 1.72. The maximum atomic E-state index is 13.3. The second-order valence-corrected chi connectivity index (χ2v) is 4.14. The highest BCUT2D eigenvalue weighted by molar-refractivity contribution is 6.31. The number of aromatic nitrogens is 2. The van der Waals surface area contributed by atoms with E-state index >= 15 is 0 Å². The summed E-state index contributed by atoms with van der Waals surface area (Å²) in [6.07, 6.45) is 0.976. The Kier molecular flexibility index (Phi) is 2.65. The lowest BCUT2D eigenvalue weighted by Crippen LogP contribution is -1.92. The van der Waals surface area contributed by atoms with Crippen molar-refractivity contribution < 1.29 is 4.39 Å². The molecule has 1 N–H and O–H groups in total. The lowest BCUT2D eigenvalue weighted by Gasteiger charge is -2.04. The SMILES string of the molecule is CCC(C)c1n[nH]c2cc(Cl)c(F)cc12. The number of aromatic amines is 1. The molecule has 0 fully saturated rings. The van der Waals surface area contributed by atoms with Crippen molar-refractivity contribution in [3.63, 3.8) is 0 Å². The molecule has 1 unspecified atom stereocenters. The molecule has 1 aromatic carbocycles. The van der Waals surface area contributed by atoms with Crippen molar-refractivity contribution in [3.05, 3.63) is 28.7 Å². The minimum absolute atomic E-state index is 0.127. The van der Waals surface area contributed by atoms with Crippen molar-refractivity contribution in [2.45, 2.75) is 26.2 Å². The number of nitrogens with one attached hydrogen (secondary N) is 1. The van der Waals surface area contributed by atoms with E-state index in [0.717, 1.165) is 23.0 Å². The van der Waals surface area contributed by atoms with Crippen LogP contribution in [0.1, 0.15) is 31.9 Å². The number of rotatable bonds is 2. The molecule has 1 aromatic heterocycles. The molecule has 0 aliphatic rings. The monoisotopic (exact) mass is 226 g/mol. The molecular formula is C11H12ClFN2. The van der Waals surface area contributed by atoms with Crippen LogP contribution in [-0.2, 0) is 0 Å². The molecule has 0 spiro atoms. The first-order chi connectivity index (χ1) is 7.13. The van der Waals surface area contributed by atoms with Gasteiger partial charge >= 0.3 is 0 Å². The number of H-pyrrole nitrogens is 1. The first-order valence-corrected chi connectivity index (χ1v) is 5.34. The predicted molar refractivity (Wildman–Crippen MR) is 59.8 cm³/mol. The van der Waals surface area contributed by atoms with E-state index in [9.17, 15) is 4.39 Å². The number of benzene rings is 1. The molecule has 0 aliphatic carbocycles. The minimum Gasteiger partial charge on any atom is -0.277 e. The summed E-state index contributed by atoms with van der Waals surface area (Å²) < 4.78 is 13.3. The van der Waals surface area contributed by atoms with Gasteiger partial charge in [0.1, 0.15) is 5.82 Å². The third-order valence-electron chi connectivity index (χ3n) is 2.71. The second-order valence-electron chi connectivity index (χ2n) is 3.73. The van der Waals surface area contributed by atoms with Crippen molar-refractivity contribution in [2.75, 3.05) is 0 Å². The summed E-state index contributed by atoms with van der Waals surface area (Å²) in [5.74, 6) is -0.0746. The van der Waals surface area contributed by atoms with Crippen LogP contribution in [-0.4, -0.2) is 10.2 Å². The number of nitrogens with zero attached hydrogens (tertiary/aromatic N) is 1. The largest absolute Gasteiger partial charge is 0.277 e. The number of hydrogen-bond acceptors (Lipinski definition) is 1. The van der Waals surface area contributed by atoms with E-state index in [-0.39, 0.29) is 5.02 Å². The minimum atomic E-state index is -0.393. The molecule has 2 aromatic rings. The maximum absolute atomic E-state index is 13.3. The Morgan fingerprint density at radius 2 is 2.27 bits per heavy atom. The van der Waals surface area contributed by atoms with Gasteiger partial charge in [0.15, 0.2) is 0 Å². The van der Waals surface area contributed by atoms with Crippen LogP contribution in [0.4, 0.5) is 4.39 Å². The fourth-order valence-electron chi connectivity index (χ4n) is 1.60. The average Bonchev–Trinajstić information content (AvgIpc) is 2.61. The van der Waals surface area contributed by atoms with Crippen molar-refractivity contribution in [2.24, 2.45) is 0 Å². The molecule has 0 aliphatic heterocycles. The molecule has 0 saturated heterocycles. The van der Waals surface area contributed by atoms with Crippen LogP contribution in [0.15, 0.2) is 12.1 Å². The summed E-state index contributed by atoms with van der Waals surface area (Å²) in [5.41, 5.74) is 1.69. The zero-order valence-corrected chi connectivity index (χ0v) is 9.40. The first-order valence-electron chi connectivity index (χ1n) is 4.96. The summed E-state index contributed by atoms with van der Waals surface area (Å²) >= 11 is 5.69. The summed E-state index contributed by atoms with van der Waals surface area (Å²) in [6, 6.07) is 3.02. The van der Waals surface area contributed by atoms with Crippen molar-refractivity contribution in [1.29, 1.82) is 0 Å². The summed E-state index contributed by atoms with van der Waals surface area (Å²) in [4.78, 5) is 0. The van der Waals surface area contributed by atoms with Gasteiger partial charge in [0.2, 0.25) is 0 Å². The van der Waals surface area contributed by atoms with Crippen LogP contribution in [0.3, 0.4) is 0 Å². The van der Waals surface area contributed by atoms with Gasteiger partial charge in [-0.05, 0) is 18.6 Å². The lowest BCUT2D eigenvalue weighted by atomic mass is 10.0. The van der Waals surface area contributed by atoms with Crippen LogP contribution in [0, 0.1) is 5.82 Å². The van der Waals surface area contributed by atoms with E-state index in [0.29, 0.717) is 5.92 Å². The molecule has 0 saturated carbocycles. The Labute approximate surface area is 92.4 Å². The van der Waals surface area contributed by atoms with Crippen LogP contribution < -0.4 is 0 Å². The van der Waals surface area contributed by atoms with Gasteiger partial charge in [-0.1, -0.05) is 25.4 Å². The second kappa shape index (κ2) is 3.81. The molecule has 15 heavy (non-hydrogen) atoms. The van der Waals surface area contributed by atoms with E-state index in [1.807, 2.05) is 0 Å². The molecule has 0 radical (unpaired) electrons. The van der Waals surface area contributed by atoms with E-state index in [4.69, 9.17) is 11.6 Å². The molecule has 0 bridgehead atoms. The smallest absolute Gasteiger partial charge is 0.142 e. The molecule has 1 atom stereocenters. The predicted octanol–water partition coefficient (Wildman–Crippen LogP) is 3.87. The van der Waals surface area contributed by atoms with Crippen LogP contribution in [0.2, 0.25) is 5.02 Å². The van der Waals surface area contributed by atoms with Gasteiger partial charge < -0.3 is 0 Å². The van der Waals surface area contributed by atoms with Crippen molar-refractivity contribution in [1.82, 2.24) is 10.2 Å². The van der Waals surface area contributed by atoms with Gasteiger partial charge in [-0.3, -0.25) is 5.10 Å². The standard InChI is InChI=1S/C11H12ClFN2/c1-3-6(2)11-7-4-9(13)8(12)5-10(7)14-15-11/h4-6H,3H2,1-2H3,(H,14,15). The summed E-state index contributed by atoms with van der Waals surface area (Å²) in [6.45, 7) is 4.15. The first kappa shape index (κ1) is 10.4. The molecule has 2 rings (SSSR count). The molecule has 1 heterocycles. The average molecular weight is 227 g/mol. The highest BCUT2D eigenvalue weighted by atomic mass is 35.5. The quantitative estimate of drug-likeness (QED) is 0.828. The molecule has 80 valence electrons. The van der Waals surface area contributed by atoms with Crippen molar-refractivity contribution in [3.8, 4) is 0 Å². The fraction of sp³-hybridized carbons (Fsp3) is 0.364. The van der Waals surface area contributed by atoms with Crippen molar-refractivity contribution >= 4 is 22.5 Å². The van der Waals surface area contributed by atoms with E-state index in [2.05, 4.69) is 24.0 Å². The normalized spacial score (nSPS) is 13.3. The Morgan fingerprint density at radius 3 is 2.93 bits per heavy atom. The summed E-state index contributed by atoms with van der Waals surface area (Å²) in [5, 5.41) is 8.02. The zero-order chi connectivity index (χ0) is 11.0. The number of halogens is 2. The highest BCUT2D eigenvalue weighted by Crippen LogP contribution is 2.28. The van der Waals surface area contributed by atoms with Crippen LogP contribution in [0.25, 0.3) is 10.9 Å². The van der Waals surface area contributed by atoms with E-state index in [1.165, 1.54) is 6.07 Å². The Morgan fingerprint density at radius 1 is 1.53 bits per heavy atom. The Hall–Kier alpha value is -1.09. The fourth-order valence-corrected chi connectivity index (χ4v) is 1.76. The van der Waals surface area contributed by atoms with Gasteiger partial charge in [-0.15, -0.1) is 0 Å². The summed E-state index contributed by atoms with van der Waals surface area (Å²) in [7, 11) is 0. The number of fused-ring (bicyclic) bond motifs is 1. The molecular weight excluding hydrogens is 215 g/mol. The third-order valence-corrected chi connectivity index (χ3v) is 3.00. The van der Waals surface area contributed by atoms with Gasteiger partial charge in [-0.2, -0.15) is 5.10 Å². The molecule has 0 amide bonds. The van der Waals surface area contributed by atoms with E-state index in [1.54, 1.807) is 6.07 Å². The van der Waals surface area contributed by atoms with Gasteiger partial charge in [0.05, 0.1) is 16.2 Å². The van der Waals surface area contributed by atoms with E-state index < -0.39 is 5.82 Å². The topological polar surface area (TPSA) is 28.7 Å². The maximum Gasteiger partial charge on any atom is 0.142 e. The Balaban J connectivity index is 2.64.